The van der Waals surface area contributed by atoms with Crippen LogP contribution in [-0.4, -0.2) is 18.2 Å². The summed E-state index contributed by atoms with van der Waals surface area (Å²) in [6.45, 7) is 5.80. The minimum atomic E-state index is -0.00151. The van der Waals surface area contributed by atoms with Crippen LogP contribution in [0.15, 0.2) is 41.3 Å². The molecule has 4 heteroatoms. The second-order valence-electron chi connectivity index (χ2n) is 5.56. The summed E-state index contributed by atoms with van der Waals surface area (Å²) in [6.07, 6.45) is 2.60. The molecule has 0 aliphatic heterocycles. The first-order valence-corrected chi connectivity index (χ1v) is 7.22. The topological polar surface area (TPSA) is 51.3 Å². The average Bonchev–Trinajstić information content (AvgIpc) is 2.42. The molecule has 0 aliphatic carbocycles. The number of nitrogens with two attached hydrogens (primary N) is 1. The molecule has 2 N–H and O–H groups in total. The smallest absolute Gasteiger partial charge is 0.250 e. The largest absolute Gasteiger partial charge is 0.398 e. The molecule has 0 saturated carbocycles. The molecule has 0 atom stereocenters. The van der Waals surface area contributed by atoms with E-state index >= 15 is 0 Å². The van der Waals surface area contributed by atoms with Crippen LogP contribution in [0.25, 0.3) is 0 Å². The van der Waals surface area contributed by atoms with Crippen molar-refractivity contribution in [3.8, 4) is 0 Å². The van der Waals surface area contributed by atoms with Crippen molar-refractivity contribution in [1.29, 1.82) is 0 Å². The van der Waals surface area contributed by atoms with E-state index in [0.29, 0.717) is 12.2 Å². The highest BCUT2D eigenvalue weighted by molar-refractivity contribution is 5.53. The summed E-state index contributed by atoms with van der Waals surface area (Å²) in [7, 11) is 2.08. The Hall–Kier alpha value is -2.23. The lowest BCUT2D eigenvalue weighted by Crippen LogP contribution is -2.24. The molecule has 4 nitrogen and oxygen atoms in total. The molecular weight excluding hydrogens is 262 g/mol. The summed E-state index contributed by atoms with van der Waals surface area (Å²) < 4.78 is 1.67. The lowest BCUT2D eigenvalue weighted by atomic mass is 10.1. The summed E-state index contributed by atoms with van der Waals surface area (Å²) >= 11 is 0. The van der Waals surface area contributed by atoms with E-state index in [0.717, 1.165) is 13.0 Å². The predicted octanol–water partition coefficient (Wildman–Crippen LogP) is 2.57. The monoisotopic (exact) mass is 285 g/mol. The number of rotatable bonds is 5. The number of benzene rings is 1. The molecule has 1 heterocycles. The summed E-state index contributed by atoms with van der Waals surface area (Å²) in [5.41, 5.74) is 10.1. The van der Waals surface area contributed by atoms with E-state index in [-0.39, 0.29) is 5.56 Å². The first-order valence-electron chi connectivity index (χ1n) is 7.22. The van der Waals surface area contributed by atoms with Crippen LogP contribution in [0.5, 0.6) is 0 Å². The van der Waals surface area contributed by atoms with Gasteiger partial charge in [0.25, 0.3) is 5.56 Å². The first-order chi connectivity index (χ1) is 9.97. The van der Waals surface area contributed by atoms with Crippen molar-refractivity contribution in [2.24, 2.45) is 0 Å². The zero-order valence-corrected chi connectivity index (χ0v) is 13.0. The van der Waals surface area contributed by atoms with Gasteiger partial charge in [0.05, 0.1) is 0 Å². The second kappa shape index (κ2) is 6.48. The quantitative estimate of drug-likeness (QED) is 0.918. The number of hydrogen-bond acceptors (Lipinski definition) is 3. The highest BCUT2D eigenvalue weighted by Gasteiger charge is 2.05. The van der Waals surface area contributed by atoms with Gasteiger partial charge >= 0.3 is 0 Å². The van der Waals surface area contributed by atoms with Crippen LogP contribution < -0.4 is 16.2 Å². The van der Waals surface area contributed by atoms with E-state index < -0.39 is 0 Å². The number of anilines is 2. The van der Waals surface area contributed by atoms with Gasteiger partial charge in [0.2, 0.25) is 0 Å². The molecule has 0 saturated heterocycles. The summed E-state index contributed by atoms with van der Waals surface area (Å²) in [4.78, 5) is 13.9. The Bertz CT molecular complexity index is 676. The van der Waals surface area contributed by atoms with Crippen LogP contribution in [0.2, 0.25) is 0 Å². The van der Waals surface area contributed by atoms with Gasteiger partial charge in [0, 0.05) is 43.8 Å². The van der Waals surface area contributed by atoms with Gasteiger partial charge < -0.3 is 15.2 Å². The zero-order valence-electron chi connectivity index (χ0n) is 13.0. The van der Waals surface area contributed by atoms with Crippen molar-refractivity contribution in [2.45, 2.75) is 26.8 Å². The fraction of sp³-hybridized carbons (Fsp3) is 0.353. The van der Waals surface area contributed by atoms with Gasteiger partial charge in [-0.05, 0) is 38.0 Å². The maximum atomic E-state index is 11.7. The van der Waals surface area contributed by atoms with Gasteiger partial charge in [-0.15, -0.1) is 0 Å². The van der Waals surface area contributed by atoms with Crippen LogP contribution in [0.3, 0.4) is 0 Å². The normalized spacial score (nSPS) is 10.6. The molecule has 0 aliphatic rings. The third-order valence-electron chi connectivity index (χ3n) is 3.66. The fourth-order valence-corrected chi connectivity index (χ4v) is 2.56. The lowest BCUT2D eigenvalue weighted by molar-refractivity contribution is 0.620. The van der Waals surface area contributed by atoms with Crippen LogP contribution in [0, 0.1) is 13.8 Å². The van der Waals surface area contributed by atoms with Crippen molar-refractivity contribution >= 4 is 11.4 Å². The van der Waals surface area contributed by atoms with Crippen LogP contribution in [0.4, 0.5) is 11.4 Å². The maximum Gasteiger partial charge on any atom is 0.250 e. The summed E-state index contributed by atoms with van der Waals surface area (Å²) in [5, 5.41) is 0. The number of aryl methyl sites for hydroxylation is 3. The Morgan fingerprint density at radius 2 is 1.95 bits per heavy atom. The average molecular weight is 285 g/mol. The van der Waals surface area contributed by atoms with E-state index in [4.69, 9.17) is 5.73 Å². The van der Waals surface area contributed by atoms with Gasteiger partial charge in [-0.25, -0.2) is 0 Å². The van der Waals surface area contributed by atoms with Crippen molar-refractivity contribution in [3.05, 3.63) is 58.0 Å². The summed E-state index contributed by atoms with van der Waals surface area (Å²) in [5.74, 6) is 0. The van der Waals surface area contributed by atoms with Crippen molar-refractivity contribution in [2.75, 3.05) is 24.2 Å². The van der Waals surface area contributed by atoms with Crippen molar-refractivity contribution in [1.82, 2.24) is 4.57 Å². The van der Waals surface area contributed by atoms with E-state index in [1.807, 2.05) is 0 Å². The van der Waals surface area contributed by atoms with Crippen LogP contribution in [0.1, 0.15) is 17.5 Å². The fourth-order valence-electron chi connectivity index (χ4n) is 2.56. The van der Waals surface area contributed by atoms with Gasteiger partial charge in [0.15, 0.2) is 0 Å². The highest BCUT2D eigenvalue weighted by Crippen LogP contribution is 2.20. The van der Waals surface area contributed by atoms with Gasteiger partial charge in [0.1, 0.15) is 0 Å². The molecule has 0 radical (unpaired) electrons. The van der Waals surface area contributed by atoms with Crippen molar-refractivity contribution < 1.29 is 0 Å². The molecule has 1 aromatic heterocycles. The van der Waals surface area contributed by atoms with Gasteiger partial charge in [-0.3, -0.25) is 4.79 Å². The molecular formula is C17H23N3O. The number of pyridine rings is 1. The Morgan fingerprint density at radius 3 is 2.67 bits per heavy atom. The molecule has 2 aromatic rings. The molecule has 0 spiro atoms. The standard InChI is InChI=1S/C17H23N3O/c1-13-5-7-16(14(2)11-13)19(3)9-4-10-20-12-15(18)6-8-17(20)21/h5-8,11-12H,4,9-10,18H2,1-3H3. The third-order valence-corrected chi connectivity index (χ3v) is 3.66. The number of aromatic nitrogens is 1. The maximum absolute atomic E-state index is 11.7. The SMILES string of the molecule is Cc1ccc(N(C)CCCn2cc(N)ccc2=O)c(C)c1. The van der Waals surface area contributed by atoms with Gasteiger partial charge in [-0.2, -0.15) is 0 Å². The number of hydrogen-bond donors (Lipinski definition) is 1. The summed E-state index contributed by atoms with van der Waals surface area (Å²) in [6, 6.07) is 9.62. The van der Waals surface area contributed by atoms with E-state index in [2.05, 4.69) is 44.0 Å². The molecule has 0 amide bonds. The molecule has 0 bridgehead atoms. The van der Waals surface area contributed by atoms with Gasteiger partial charge in [-0.1, -0.05) is 17.7 Å². The van der Waals surface area contributed by atoms with Crippen LogP contribution >= 0.6 is 0 Å². The first kappa shape index (κ1) is 15.2. The molecule has 112 valence electrons. The molecule has 0 unspecified atom stereocenters. The molecule has 21 heavy (non-hydrogen) atoms. The Balaban J connectivity index is 1.96. The Kier molecular flexibility index (Phi) is 4.68. The zero-order chi connectivity index (χ0) is 15.4. The number of nitrogens with zero attached hydrogens (tertiary/aromatic N) is 2. The van der Waals surface area contributed by atoms with Crippen LogP contribution in [-0.2, 0) is 6.54 Å². The minimum Gasteiger partial charge on any atom is -0.398 e. The highest BCUT2D eigenvalue weighted by atomic mass is 16.1. The Labute approximate surface area is 125 Å². The molecule has 1 aromatic carbocycles. The number of nitrogen functional groups attached to an aromatic ring is 1. The molecule has 0 fully saturated rings. The van der Waals surface area contributed by atoms with Crippen molar-refractivity contribution in [3.63, 3.8) is 0 Å². The molecule has 2 rings (SSSR count). The van der Waals surface area contributed by atoms with E-state index in [9.17, 15) is 4.79 Å². The van der Waals surface area contributed by atoms with E-state index in [1.54, 1.807) is 16.8 Å². The minimum absolute atomic E-state index is 0.00151. The Morgan fingerprint density at radius 1 is 1.19 bits per heavy atom. The lowest BCUT2D eigenvalue weighted by Gasteiger charge is -2.22. The third kappa shape index (κ3) is 3.88. The predicted molar refractivity (Wildman–Crippen MR) is 88.9 cm³/mol. The van der Waals surface area contributed by atoms with E-state index in [1.165, 1.54) is 22.9 Å². The second-order valence-corrected chi connectivity index (χ2v) is 5.56.